The van der Waals surface area contributed by atoms with Gasteiger partial charge in [-0.05, 0) is 96.3 Å². The smallest absolute Gasteiger partial charge is 0.462 e. The Balaban J connectivity index is 5.28. The van der Waals surface area contributed by atoms with E-state index in [0.717, 1.165) is 135 Å². The van der Waals surface area contributed by atoms with Crippen LogP contribution in [0.4, 0.5) is 0 Å². The Bertz CT molecular complexity index is 1900. The molecule has 5 atom stereocenters. The standard InChI is InChI=1S/C73H136O17P2/c1-5-9-13-17-21-25-29-32-33-36-39-42-46-50-54-58-71(76)84-64-69(90-73(78)60-56-52-48-44-40-35-31-27-23-19-15-11-7-3)66-88-92(81,82)86-62-67(74)61-85-91(79,80)87-65-68(89-72(77)59-55-51-47-43-37-28-24-20-16-12-8-4)63-83-70(75)57-53-49-45-41-38-34-30-26-22-18-14-10-6-2/h20,24,26-27,30-31,67-69,74H,5-19,21-23,25,28-29,32-66H2,1-4H3,(H,79,80)(H,81,82)/b24-20-,30-26-,31-27-. The van der Waals surface area contributed by atoms with Crippen LogP contribution in [0.5, 0.6) is 0 Å². The highest BCUT2D eigenvalue weighted by Crippen LogP contribution is 2.45. The molecule has 0 aromatic carbocycles. The zero-order valence-corrected chi connectivity index (χ0v) is 60.5. The van der Waals surface area contributed by atoms with Gasteiger partial charge < -0.3 is 33.8 Å². The van der Waals surface area contributed by atoms with Gasteiger partial charge in [0, 0.05) is 25.7 Å². The van der Waals surface area contributed by atoms with Gasteiger partial charge in [0.05, 0.1) is 26.4 Å². The lowest BCUT2D eigenvalue weighted by molar-refractivity contribution is -0.161. The molecule has 0 saturated heterocycles. The number of ether oxygens (including phenoxy) is 4. The van der Waals surface area contributed by atoms with Crippen LogP contribution in [0.3, 0.4) is 0 Å². The van der Waals surface area contributed by atoms with E-state index in [4.69, 9.17) is 37.0 Å². The van der Waals surface area contributed by atoms with E-state index in [1.165, 1.54) is 135 Å². The number of carbonyl (C=O) groups is 4. The predicted octanol–water partition coefficient (Wildman–Crippen LogP) is 20.8. The molecule has 0 amide bonds. The fourth-order valence-corrected chi connectivity index (χ4v) is 11.9. The molecular weight excluding hydrogens is 1210 g/mol. The van der Waals surface area contributed by atoms with Gasteiger partial charge in [-0.2, -0.15) is 0 Å². The van der Waals surface area contributed by atoms with Crippen LogP contribution >= 0.6 is 15.6 Å². The van der Waals surface area contributed by atoms with Crippen molar-refractivity contribution in [2.45, 2.75) is 367 Å². The van der Waals surface area contributed by atoms with Crippen molar-refractivity contribution in [3.05, 3.63) is 36.5 Å². The van der Waals surface area contributed by atoms with Crippen LogP contribution in [0, 0.1) is 0 Å². The van der Waals surface area contributed by atoms with Gasteiger partial charge in [-0.25, -0.2) is 9.13 Å². The largest absolute Gasteiger partial charge is 0.472 e. The molecule has 540 valence electrons. The van der Waals surface area contributed by atoms with E-state index in [1.807, 2.05) is 0 Å². The molecule has 0 aromatic rings. The second-order valence-electron chi connectivity index (χ2n) is 25.2. The molecule has 0 aliphatic carbocycles. The molecular formula is C73H136O17P2. The number of phosphoric acid groups is 2. The lowest BCUT2D eigenvalue weighted by Gasteiger charge is -2.21. The Labute approximate surface area is 560 Å². The quantitative estimate of drug-likeness (QED) is 0.0169. The third kappa shape index (κ3) is 65.9. The summed E-state index contributed by atoms with van der Waals surface area (Å²) >= 11 is 0. The lowest BCUT2D eigenvalue weighted by Crippen LogP contribution is -2.30. The van der Waals surface area contributed by atoms with Gasteiger partial charge in [0.25, 0.3) is 0 Å². The number of unbranched alkanes of at least 4 members (excludes halogenated alkanes) is 39. The zero-order valence-electron chi connectivity index (χ0n) is 58.7. The minimum Gasteiger partial charge on any atom is -0.462 e. The summed E-state index contributed by atoms with van der Waals surface area (Å²) in [6, 6.07) is 0. The first-order chi connectivity index (χ1) is 44.7. The van der Waals surface area contributed by atoms with Crippen LogP contribution in [-0.2, 0) is 65.4 Å². The van der Waals surface area contributed by atoms with E-state index in [2.05, 4.69) is 64.2 Å². The van der Waals surface area contributed by atoms with E-state index in [9.17, 15) is 43.2 Å². The normalized spacial score (nSPS) is 14.2. The third-order valence-electron chi connectivity index (χ3n) is 16.1. The van der Waals surface area contributed by atoms with E-state index >= 15 is 0 Å². The maximum Gasteiger partial charge on any atom is 0.472 e. The number of esters is 4. The molecule has 19 heteroatoms. The first-order valence-electron chi connectivity index (χ1n) is 37.2. The molecule has 0 aliphatic heterocycles. The van der Waals surface area contributed by atoms with Crippen molar-refractivity contribution in [3.8, 4) is 0 Å². The minimum atomic E-state index is -4.96. The molecule has 0 aliphatic rings. The molecule has 92 heavy (non-hydrogen) atoms. The third-order valence-corrected chi connectivity index (χ3v) is 18.0. The number of carbonyl (C=O) groups excluding carboxylic acids is 4. The van der Waals surface area contributed by atoms with Gasteiger partial charge in [0.15, 0.2) is 12.2 Å². The summed E-state index contributed by atoms with van der Waals surface area (Å²) in [6.45, 7) is 4.83. The maximum absolute atomic E-state index is 13.0. The van der Waals surface area contributed by atoms with E-state index in [-0.39, 0.29) is 25.7 Å². The highest BCUT2D eigenvalue weighted by atomic mass is 31.2. The molecule has 0 spiro atoms. The second kappa shape index (κ2) is 66.9. The fraction of sp³-hybridized carbons (Fsp3) is 0.863. The average molecular weight is 1350 g/mol. The van der Waals surface area contributed by atoms with Crippen molar-refractivity contribution in [3.63, 3.8) is 0 Å². The fourth-order valence-electron chi connectivity index (χ4n) is 10.3. The number of hydrogen-bond donors (Lipinski definition) is 3. The Morgan fingerprint density at radius 2 is 0.511 bits per heavy atom. The summed E-state index contributed by atoms with van der Waals surface area (Å²) in [5.41, 5.74) is 0. The van der Waals surface area contributed by atoms with Crippen LogP contribution in [0.2, 0.25) is 0 Å². The van der Waals surface area contributed by atoms with E-state index < -0.39 is 97.5 Å². The van der Waals surface area contributed by atoms with Gasteiger partial charge >= 0.3 is 39.5 Å². The topological polar surface area (TPSA) is 237 Å². The van der Waals surface area contributed by atoms with Crippen LogP contribution in [-0.4, -0.2) is 96.7 Å². The number of phosphoric ester groups is 2. The number of aliphatic hydroxyl groups is 1. The van der Waals surface area contributed by atoms with Gasteiger partial charge in [-0.15, -0.1) is 0 Å². The Kier molecular flexibility index (Phi) is 64.9. The predicted molar refractivity (Wildman–Crippen MR) is 372 cm³/mol. The van der Waals surface area contributed by atoms with Crippen molar-refractivity contribution in [2.75, 3.05) is 39.6 Å². The van der Waals surface area contributed by atoms with E-state index in [0.29, 0.717) is 25.7 Å². The average Bonchev–Trinajstić information content (AvgIpc) is 3.58. The van der Waals surface area contributed by atoms with Crippen LogP contribution in [0.25, 0.3) is 0 Å². The first-order valence-corrected chi connectivity index (χ1v) is 40.2. The molecule has 0 rings (SSSR count). The van der Waals surface area contributed by atoms with Gasteiger partial charge in [-0.1, -0.05) is 263 Å². The summed E-state index contributed by atoms with van der Waals surface area (Å²) in [4.78, 5) is 72.6. The molecule has 0 aromatic heterocycles. The number of allylic oxidation sites excluding steroid dienone is 6. The Morgan fingerprint density at radius 3 is 0.793 bits per heavy atom. The molecule has 3 N–H and O–H groups in total. The van der Waals surface area contributed by atoms with Crippen molar-refractivity contribution >= 4 is 39.5 Å². The van der Waals surface area contributed by atoms with Gasteiger partial charge in [0.2, 0.25) is 0 Å². The van der Waals surface area contributed by atoms with Crippen molar-refractivity contribution in [1.82, 2.24) is 0 Å². The number of rotatable bonds is 71. The lowest BCUT2D eigenvalue weighted by atomic mass is 10.0. The van der Waals surface area contributed by atoms with Crippen LogP contribution in [0.1, 0.15) is 349 Å². The second-order valence-corrected chi connectivity index (χ2v) is 28.1. The highest BCUT2D eigenvalue weighted by molar-refractivity contribution is 7.47. The van der Waals surface area contributed by atoms with Crippen molar-refractivity contribution < 1.29 is 80.2 Å². The first kappa shape index (κ1) is 89.3. The molecule has 17 nitrogen and oxygen atoms in total. The number of hydrogen-bond acceptors (Lipinski definition) is 15. The molecule has 0 radical (unpaired) electrons. The van der Waals surface area contributed by atoms with Crippen molar-refractivity contribution in [1.29, 1.82) is 0 Å². The summed E-state index contributed by atoms with van der Waals surface area (Å²) in [5.74, 6) is -2.17. The van der Waals surface area contributed by atoms with Crippen LogP contribution in [0.15, 0.2) is 36.5 Å². The summed E-state index contributed by atoms with van der Waals surface area (Å²) in [6.07, 6.45) is 60.0. The maximum atomic E-state index is 13.0. The summed E-state index contributed by atoms with van der Waals surface area (Å²) < 4.78 is 68.3. The molecule has 0 heterocycles. The van der Waals surface area contributed by atoms with Gasteiger partial charge in [0.1, 0.15) is 19.3 Å². The highest BCUT2D eigenvalue weighted by Gasteiger charge is 2.30. The number of aliphatic hydroxyl groups excluding tert-OH is 1. The van der Waals surface area contributed by atoms with Gasteiger partial charge in [-0.3, -0.25) is 37.3 Å². The summed E-state index contributed by atoms with van der Waals surface area (Å²) in [7, 11) is -9.92. The SMILES string of the molecule is CCCC/C=C\CCCCCCCC(=O)OC(COC(=O)CCCCCCC/C=C\CCCCCC)COP(=O)(O)OCC(O)COP(=O)(O)OCC(COC(=O)CCCCCCCCCCCCCCCCC)OC(=O)CCCCCCC/C=C\CCCCCC. The molecule has 0 fully saturated rings. The molecule has 0 saturated carbocycles. The Morgan fingerprint density at radius 1 is 0.293 bits per heavy atom. The zero-order chi connectivity index (χ0) is 67.5. The minimum absolute atomic E-state index is 0.0883. The molecule has 0 bridgehead atoms. The monoisotopic (exact) mass is 1350 g/mol. The Hall–Kier alpha value is -2.72. The van der Waals surface area contributed by atoms with Crippen LogP contribution < -0.4 is 0 Å². The van der Waals surface area contributed by atoms with Crippen molar-refractivity contribution in [2.24, 2.45) is 0 Å². The van der Waals surface area contributed by atoms with E-state index in [1.54, 1.807) is 0 Å². The molecule has 5 unspecified atom stereocenters. The summed E-state index contributed by atoms with van der Waals surface area (Å²) in [5, 5.41) is 10.6.